The number of aromatic amines is 2. The molecule has 4 amide bonds. The summed E-state index contributed by atoms with van der Waals surface area (Å²) in [7, 11) is 0. The number of rotatable bonds is 15. The molecule has 5 aliphatic rings. The molecule has 18 nitrogen and oxygen atoms in total. The van der Waals surface area contributed by atoms with Crippen molar-refractivity contribution in [3.63, 3.8) is 0 Å². The Kier molecular flexibility index (Phi) is 17.4. The molecule has 0 spiro atoms. The van der Waals surface area contributed by atoms with Gasteiger partial charge >= 0.3 is 0 Å². The molecule has 1 fully saturated rings. The molecule has 3 atom stereocenters. The predicted octanol–water partition coefficient (Wildman–Crippen LogP) is 11.3. The lowest BCUT2D eigenvalue weighted by Gasteiger charge is -2.38. The van der Waals surface area contributed by atoms with Crippen molar-refractivity contribution in [1.82, 2.24) is 44.9 Å². The monoisotopic (exact) mass is 1360 g/mol. The number of halogens is 2. The number of likely N-dealkylation sites (N-methyl/N-ethyl adjacent to an activating group) is 2. The Labute approximate surface area is 546 Å². The van der Waals surface area contributed by atoms with E-state index in [0.29, 0.717) is 53.4 Å². The summed E-state index contributed by atoms with van der Waals surface area (Å²) in [4.78, 5) is 74.8. The Bertz CT molecular complexity index is 4400. The van der Waals surface area contributed by atoms with E-state index >= 15 is 0 Å². The number of H-pyrrole nitrogens is 2. The first-order valence-electron chi connectivity index (χ1n) is 31.3. The zero-order valence-corrected chi connectivity index (χ0v) is 55.6. The van der Waals surface area contributed by atoms with Crippen LogP contribution in [0.15, 0.2) is 84.9 Å². The van der Waals surface area contributed by atoms with Gasteiger partial charge in [0, 0.05) is 115 Å². The summed E-state index contributed by atoms with van der Waals surface area (Å²) in [6.07, 6.45) is 3.82. The Hall–Kier alpha value is -7.89. The molecule has 1 aliphatic carbocycles. The van der Waals surface area contributed by atoms with E-state index in [2.05, 4.69) is 107 Å². The molecule has 472 valence electrons. The van der Waals surface area contributed by atoms with Crippen molar-refractivity contribution in [2.75, 3.05) is 64.3 Å². The van der Waals surface area contributed by atoms with Crippen LogP contribution in [0.5, 0.6) is 0 Å². The van der Waals surface area contributed by atoms with Crippen molar-refractivity contribution in [1.29, 1.82) is 0 Å². The minimum absolute atomic E-state index is 0.0555. The third-order valence-corrected chi connectivity index (χ3v) is 20.1. The van der Waals surface area contributed by atoms with Crippen LogP contribution in [0.25, 0.3) is 66.9 Å². The molecule has 14 rings (SSSR count). The SMILES string of the molecule is CCN(CC)CCNC(=O)c1c(C)[nH]c(C=C2C(=O)Cc3ccc(Cl)cc32)c1C.CCN(CC)CCNC(=O)c1c(C)[nH]c(C=C2C(=O)Nc3ccc(I)cc32)c1C.C[C@@]12O[C@@H](C[C@@]1(O)CO)n1c3ccccc3c3c4c(c5c6ccccc6n2c5c31)CNC4=O. The number of nitrogens with zero attached hydrogens (tertiary/aromatic N) is 4. The van der Waals surface area contributed by atoms with Crippen LogP contribution in [0.3, 0.4) is 0 Å². The Morgan fingerprint density at radius 3 is 1.93 bits per heavy atom. The summed E-state index contributed by atoms with van der Waals surface area (Å²) in [5.41, 5.74) is 13.8. The summed E-state index contributed by atoms with van der Waals surface area (Å²) in [6, 6.07) is 27.5. The van der Waals surface area contributed by atoms with E-state index in [1.54, 1.807) is 6.07 Å². The second-order valence-corrected chi connectivity index (χ2v) is 25.9. The van der Waals surface area contributed by atoms with Crippen LogP contribution in [0.1, 0.15) is 134 Å². The van der Waals surface area contributed by atoms with Crippen molar-refractivity contribution >= 4 is 136 Å². The number of anilines is 1. The number of aromatic nitrogens is 4. The number of carbonyl (C=O) groups excluding carboxylic acids is 5. The van der Waals surface area contributed by atoms with Gasteiger partial charge in [0.25, 0.3) is 23.6 Å². The van der Waals surface area contributed by atoms with Gasteiger partial charge < -0.3 is 65.1 Å². The van der Waals surface area contributed by atoms with Gasteiger partial charge in [-0.2, -0.15) is 0 Å². The maximum absolute atomic E-state index is 13.2. The van der Waals surface area contributed by atoms with Crippen molar-refractivity contribution in [2.24, 2.45) is 0 Å². The van der Waals surface area contributed by atoms with Crippen LogP contribution in [-0.4, -0.2) is 133 Å². The number of benzene rings is 5. The first-order chi connectivity index (χ1) is 43.7. The van der Waals surface area contributed by atoms with Crippen LogP contribution >= 0.6 is 34.2 Å². The lowest BCUT2D eigenvalue weighted by molar-refractivity contribution is -0.189. The molecule has 0 unspecified atom stereocenters. The first kappa shape index (κ1) is 63.3. The second kappa shape index (κ2) is 25.0. The summed E-state index contributed by atoms with van der Waals surface area (Å²) in [6.45, 7) is 24.7. The van der Waals surface area contributed by atoms with Crippen molar-refractivity contribution < 1.29 is 38.9 Å². The van der Waals surface area contributed by atoms with Gasteiger partial charge in [0.15, 0.2) is 11.5 Å². The quantitative estimate of drug-likeness (QED) is 0.0357. The number of aryl methyl sites for hydroxylation is 2. The van der Waals surface area contributed by atoms with E-state index in [4.69, 9.17) is 16.3 Å². The zero-order valence-electron chi connectivity index (χ0n) is 52.7. The van der Waals surface area contributed by atoms with Gasteiger partial charge in [-0.05, 0) is 166 Å². The molecule has 91 heavy (non-hydrogen) atoms. The highest BCUT2D eigenvalue weighted by atomic mass is 127. The predicted molar refractivity (Wildman–Crippen MR) is 369 cm³/mol. The summed E-state index contributed by atoms with van der Waals surface area (Å²) in [5.74, 6) is -0.286. The largest absolute Gasteiger partial charge is 0.393 e. The molecule has 0 radical (unpaired) electrons. The van der Waals surface area contributed by atoms with Gasteiger partial charge in [-0.25, -0.2) is 0 Å². The van der Waals surface area contributed by atoms with Crippen LogP contribution in [0.2, 0.25) is 5.02 Å². The normalized spacial score (nSPS) is 19.4. The number of hydrogen-bond donors (Lipinski definition) is 8. The third-order valence-electron chi connectivity index (χ3n) is 19.2. The number of allylic oxidation sites excluding steroid dienone is 1. The van der Waals surface area contributed by atoms with Crippen molar-refractivity contribution in [3.8, 4) is 0 Å². The Morgan fingerprint density at radius 2 is 1.33 bits per heavy atom. The lowest BCUT2D eigenvalue weighted by atomic mass is 9.89. The number of amides is 4. The average Bonchev–Trinajstić information content (AvgIpc) is 1.49. The van der Waals surface area contributed by atoms with Gasteiger partial charge in [0.05, 0.1) is 50.9 Å². The molecule has 4 aromatic heterocycles. The first-order valence-corrected chi connectivity index (χ1v) is 32.7. The van der Waals surface area contributed by atoms with Crippen LogP contribution in [0.4, 0.5) is 5.69 Å². The van der Waals surface area contributed by atoms with E-state index in [0.717, 1.165) is 154 Å². The van der Waals surface area contributed by atoms with Gasteiger partial charge in [-0.3, -0.25) is 24.0 Å². The maximum Gasteiger partial charge on any atom is 0.256 e. The minimum Gasteiger partial charge on any atom is -0.393 e. The van der Waals surface area contributed by atoms with E-state index < -0.39 is 24.2 Å². The Balaban J connectivity index is 0.000000133. The number of aliphatic hydroxyl groups excluding tert-OH is 1. The fourth-order valence-corrected chi connectivity index (χ4v) is 14.9. The number of carbonyl (C=O) groups is 5. The summed E-state index contributed by atoms with van der Waals surface area (Å²) < 4.78 is 12.0. The highest BCUT2D eigenvalue weighted by Gasteiger charge is 2.61. The number of ketones is 1. The standard InChI is InChI=1S/C26H21N3O4.C23H28ClN3O2.C22H27IN4O2/c1-25-26(32,12-30)10-18(33-25)28-16-8-4-2-6-13(16)20-21-15(11-27-24(21)31)19-14-7-3-5-9-17(14)29(25)23(19)22(20)28;1-5-27(6-2)10-9-25-23(29)22-14(3)20(26-15(22)4)13-19-18-12-17(24)8-7-16(18)11-21(19)28;1-5-27(6-2)10-9-24-22(29)20-13(3)19(25-14(20)4)12-17-16-11-15(23)7-8-18(16)26-21(17)28/h2-9,18,30,32H,10-12H2,1H3,(H,27,31);7-8,12-13,26H,5-6,9-11H2,1-4H3,(H,25,29);7-8,11-12,25H,5-6,9-10H2,1-4H3,(H,24,29)(H,26,28)/t18-,25+,26+;;/m0../s1. The average molecular weight is 1360 g/mol. The molecule has 0 saturated carbocycles. The van der Waals surface area contributed by atoms with Crippen molar-refractivity contribution in [2.45, 2.75) is 99.3 Å². The van der Waals surface area contributed by atoms with Crippen LogP contribution < -0.4 is 21.3 Å². The third kappa shape index (κ3) is 10.8. The molecule has 5 aromatic carbocycles. The molecule has 9 aromatic rings. The van der Waals surface area contributed by atoms with Gasteiger partial charge in [0.1, 0.15) is 11.8 Å². The van der Waals surface area contributed by atoms with Gasteiger partial charge in [-0.1, -0.05) is 81.8 Å². The van der Waals surface area contributed by atoms with E-state index in [-0.39, 0.29) is 35.8 Å². The fourth-order valence-electron chi connectivity index (χ4n) is 14.3. The van der Waals surface area contributed by atoms with Crippen molar-refractivity contribution in [3.05, 3.63) is 166 Å². The highest BCUT2D eigenvalue weighted by molar-refractivity contribution is 14.1. The number of hydrogen-bond acceptors (Lipinski definition) is 10. The molecular weight excluding hydrogens is 1280 g/mol. The molecular formula is C71H76ClIN10O8. The number of aliphatic hydroxyl groups is 2. The molecule has 4 aliphatic heterocycles. The summed E-state index contributed by atoms with van der Waals surface area (Å²) >= 11 is 8.37. The lowest BCUT2D eigenvalue weighted by Crippen LogP contribution is -2.53. The number of Topliss-reactive ketones (excluding diaryl/α,β-unsaturated/α-hetero) is 1. The highest BCUT2D eigenvalue weighted by Crippen LogP contribution is 2.57. The Morgan fingerprint density at radius 1 is 0.747 bits per heavy atom. The fraction of sp³-hybridized carbons (Fsp3) is 0.338. The molecule has 8 N–H and O–H groups in total. The second-order valence-electron chi connectivity index (χ2n) is 24.2. The zero-order chi connectivity index (χ0) is 64.5. The minimum atomic E-state index is -1.48. The van der Waals surface area contributed by atoms with Crippen LogP contribution in [0, 0.1) is 31.3 Å². The number of ether oxygens (including phenoxy) is 1. The molecule has 2 bridgehead atoms. The topological polar surface area (TPSA) is 231 Å². The van der Waals surface area contributed by atoms with Crippen LogP contribution in [-0.2, 0) is 33.0 Å². The van der Waals surface area contributed by atoms with E-state index in [1.165, 1.54) is 0 Å². The van der Waals surface area contributed by atoms with E-state index in [9.17, 15) is 34.2 Å². The number of fused-ring (bicyclic) bond motifs is 15. The van der Waals surface area contributed by atoms with E-state index in [1.807, 2.05) is 120 Å². The van der Waals surface area contributed by atoms with Gasteiger partial charge in [-0.15, -0.1) is 0 Å². The number of nitrogens with one attached hydrogen (secondary N) is 6. The number of para-hydroxylation sites is 2. The molecule has 8 heterocycles. The molecule has 20 heteroatoms. The smallest absolute Gasteiger partial charge is 0.256 e. The summed E-state index contributed by atoms with van der Waals surface area (Å²) in [5, 5.41) is 38.6. The molecule has 1 saturated heterocycles. The maximum atomic E-state index is 13.2. The van der Waals surface area contributed by atoms with Gasteiger partial charge in [0.2, 0.25) is 0 Å².